The molecule has 3 rings (SSSR count). The lowest BCUT2D eigenvalue weighted by atomic mass is 10.3. The highest BCUT2D eigenvalue weighted by Crippen LogP contribution is 2.26. The zero-order valence-electron chi connectivity index (χ0n) is 14.3. The minimum Gasteiger partial charge on any atom is -0.494 e. The molecule has 0 aliphatic rings. The third-order valence-electron chi connectivity index (χ3n) is 3.43. The first-order chi connectivity index (χ1) is 12.6. The molecule has 0 unspecified atom stereocenters. The fourth-order valence-corrected chi connectivity index (χ4v) is 2.32. The summed E-state index contributed by atoms with van der Waals surface area (Å²) < 4.78 is 25.3. The van der Waals surface area contributed by atoms with E-state index in [0.717, 1.165) is 5.75 Å². The summed E-state index contributed by atoms with van der Waals surface area (Å²) in [7, 11) is 0. The molecule has 7 nitrogen and oxygen atoms in total. The molecule has 26 heavy (non-hydrogen) atoms. The van der Waals surface area contributed by atoms with E-state index in [1.54, 1.807) is 31.2 Å². The van der Waals surface area contributed by atoms with E-state index in [4.69, 9.17) is 9.47 Å². The molecule has 2 heterocycles. The minimum atomic E-state index is -0.641. The quantitative estimate of drug-likeness (QED) is 0.482. The first-order valence-corrected chi connectivity index (χ1v) is 8.11. The number of pyridine rings is 1. The number of hydrogen-bond donors (Lipinski definition) is 0. The highest BCUT2D eigenvalue weighted by molar-refractivity contribution is 5.93. The van der Waals surface area contributed by atoms with Gasteiger partial charge in [0.05, 0.1) is 18.9 Å². The lowest BCUT2D eigenvalue weighted by Crippen LogP contribution is -2.05. The zero-order valence-corrected chi connectivity index (χ0v) is 14.3. The number of azo groups is 1. The Morgan fingerprint density at radius 3 is 2.58 bits per heavy atom. The Hall–Kier alpha value is -3.29. The van der Waals surface area contributed by atoms with Crippen LogP contribution in [-0.2, 0) is 4.74 Å². The maximum Gasteiger partial charge on any atom is 0.360 e. The monoisotopic (exact) mass is 356 g/mol. The average Bonchev–Trinajstić information content (AvgIpc) is 2.99. The predicted octanol–water partition coefficient (Wildman–Crippen LogP) is 4.46. The van der Waals surface area contributed by atoms with Crippen LogP contribution in [0.2, 0.25) is 0 Å². The third kappa shape index (κ3) is 3.69. The molecule has 2 aromatic heterocycles. The Kier molecular flexibility index (Phi) is 5.21. The Balaban J connectivity index is 2.00. The Morgan fingerprint density at radius 1 is 1.12 bits per heavy atom. The molecule has 0 bridgehead atoms. The van der Waals surface area contributed by atoms with Crippen molar-refractivity contribution in [2.24, 2.45) is 10.2 Å². The summed E-state index contributed by atoms with van der Waals surface area (Å²) in [6.07, 6.45) is 1.19. The minimum absolute atomic E-state index is 0.0212. The van der Waals surface area contributed by atoms with Gasteiger partial charge >= 0.3 is 5.97 Å². The summed E-state index contributed by atoms with van der Waals surface area (Å²) in [5, 5.41) is 8.21. The van der Waals surface area contributed by atoms with Crippen LogP contribution in [0.3, 0.4) is 0 Å². The number of halogens is 1. The second-order valence-corrected chi connectivity index (χ2v) is 5.21. The van der Waals surface area contributed by atoms with Crippen LogP contribution >= 0.6 is 0 Å². The van der Waals surface area contributed by atoms with E-state index in [1.165, 1.54) is 22.7 Å². The van der Waals surface area contributed by atoms with Crippen LogP contribution in [0.4, 0.5) is 15.9 Å². The standard InChI is InChI=1S/C18H17FN4O3/c1-3-25-14-8-6-13(7-9-14)21-22-17-16(18(24)26-4-2)20-15-10-5-12(19)11-23(15)17/h5-11H,3-4H2,1-2H3. The smallest absolute Gasteiger partial charge is 0.360 e. The Morgan fingerprint density at radius 2 is 1.88 bits per heavy atom. The maximum absolute atomic E-state index is 13.6. The molecule has 1 aromatic carbocycles. The van der Waals surface area contributed by atoms with Gasteiger partial charge in [-0.1, -0.05) is 0 Å². The van der Waals surface area contributed by atoms with Crippen molar-refractivity contribution >= 4 is 23.1 Å². The maximum atomic E-state index is 13.6. The van der Waals surface area contributed by atoms with E-state index in [2.05, 4.69) is 15.2 Å². The molecule has 0 radical (unpaired) electrons. The molecule has 0 aliphatic heterocycles. The molecule has 0 fully saturated rings. The summed E-state index contributed by atoms with van der Waals surface area (Å²) in [4.78, 5) is 16.3. The number of benzene rings is 1. The van der Waals surface area contributed by atoms with Crippen molar-refractivity contribution in [3.05, 3.63) is 54.1 Å². The number of esters is 1. The van der Waals surface area contributed by atoms with E-state index >= 15 is 0 Å². The normalized spacial score (nSPS) is 11.2. The van der Waals surface area contributed by atoms with E-state index in [9.17, 15) is 9.18 Å². The number of ether oxygens (including phenoxy) is 2. The molecule has 0 aliphatic carbocycles. The molecule has 0 N–H and O–H groups in total. The van der Waals surface area contributed by atoms with Crippen LogP contribution in [0, 0.1) is 5.82 Å². The third-order valence-corrected chi connectivity index (χ3v) is 3.43. The van der Waals surface area contributed by atoms with Crippen LogP contribution in [-0.4, -0.2) is 28.6 Å². The molecule has 0 spiro atoms. The summed E-state index contributed by atoms with van der Waals surface area (Å²) in [6.45, 7) is 4.34. The van der Waals surface area contributed by atoms with Crippen molar-refractivity contribution in [2.45, 2.75) is 13.8 Å². The summed E-state index contributed by atoms with van der Waals surface area (Å²) in [5.74, 6) is -0.303. The van der Waals surface area contributed by atoms with E-state index in [-0.39, 0.29) is 18.1 Å². The van der Waals surface area contributed by atoms with Crippen LogP contribution in [0.1, 0.15) is 24.3 Å². The summed E-state index contributed by atoms with van der Waals surface area (Å²) in [5.41, 5.74) is 0.900. The number of carbonyl (C=O) groups excluding carboxylic acids is 1. The van der Waals surface area contributed by atoms with E-state index < -0.39 is 11.8 Å². The van der Waals surface area contributed by atoms with Gasteiger partial charge in [0.2, 0.25) is 0 Å². The molecule has 3 aromatic rings. The second-order valence-electron chi connectivity index (χ2n) is 5.21. The zero-order chi connectivity index (χ0) is 18.5. The summed E-state index contributed by atoms with van der Waals surface area (Å²) >= 11 is 0. The second kappa shape index (κ2) is 7.73. The first kappa shape index (κ1) is 17.5. The molecule has 0 saturated heterocycles. The highest BCUT2D eigenvalue weighted by atomic mass is 19.1. The van der Waals surface area contributed by atoms with Gasteiger partial charge in [-0.3, -0.25) is 4.40 Å². The number of imidazole rings is 1. The number of nitrogens with zero attached hydrogens (tertiary/aromatic N) is 4. The number of hydrogen-bond acceptors (Lipinski definition) is 6. The van der Waals surface area contributed by atoms with E-state index in [0.29, 0.717) is 17.9 Å². The lowest BCUT2D eigenvalue weighted by molar-refractivity contribution is 0.0521. The first-order valence-electron chi connectivity index (χ1n) is 8.11. The van der Waals surface area contributed by atoms with Crippen LogP contribution < -0.4 is 4.74 Å². The van der Waals surface area contributed by atoms with Crippen molar-refractivity contribution in [3.63, 3.8) is 0 Å². The van der Waals surface area contributed by atoms with E-state index in [1.807, 2.05) is 6.92 Å². The number of fused-ring (bicyclic) bond motifs is 1. The molecule has 0 amide bonds. The van der Waals surface area contributed by atoms with Crippen LogP contribution in [0.15, 0.2) is 52.8 Å². The molecule has 134 valence electrons. The molecule has 0 atom stereocenters. The van der Waals surface area contributed by atoms with Gasteiger partial charge in [0.25, 0.3) is 0 Å². The van der Waals surface area contributed by atoms with Crippen molar-refractivity contribution in [3.8, 4) is 5.75 Å². The van der Waals surface area contributed by atoms with Crippen molar-refractivity contribution in [2.75, 3.05) is 13.2 Å². The van der Waals surface area contributed by atoms with Crippen molar-refractivity contribution < 1.29 is 18.7 Å². The van der Waals surface area contributed by atoms with Gasteiger partial charge < -0.3 is 9.47 Å². The number of rotatable bonds is 6. The largest absolute Gasteiger partial charge is 0.494 e. The lowest BCUT2D eigenvalue weighted by Gasteiger charge is -2.02. The van der Waals surface area contributed by atoms with Crippen LogP contribution in [0.5, 0.6) is 5.75 Å². The van der Waals surface area contributed by atoms with Gasteiger partial charge in [0.15, 0.2) is 11.5 Å². The van der Waals surface area contributed by atoms with Crippen molar-refractivity contribution in [1.82, 2.24) is 9.38 Å². The Labute approximate surface area is 149 Å². The van der Waals surface area contributed by atoms with Gasteiger partial charge in [0, 0.05) is 6.20 Å². The molecular formula is C18H17FN4O3. The van der Waals surface area contributed by atoms with Crippen LogP contribution in [0.25, 0.3) is 5.65 Å². The highest BCUT2D eigenvalue weighted by Gasteiger charge is 2.20. The van der Waals surface area contributed by atoms with Gasteiger partial charge in [-0.15, -0.1) is 10.2 Å². The Bertz CT molecular complexity index is 951. The summed E-state index contributed by atoms with van der Waals surface area (Å²) in [6, 6.07) is 9.68. The molecule has 0 saturated carbocycles. The van der Waals surface area contributed by atoms with Gasteiger partial charge in [-0.25, -0.2) is 14.2 Å². The number of aromatic nitrogens is 2. The van der Waals surface area contributed by atoms with Gasteiger partial charge in [-0.2, -0.15) is 0 Å². The molecule has 8 heteroatoms. The average molecular weight is 356 g/mol. The number of carbonyl (C=O) groups is 1. The predicted molar refractivity (Wildman–Crippen MR) is 92.9 cm³/mol. The fourth-order valence-electron chi connectivity index (χ4n) is 2.32. The topological polar surface area (TPSA) is 77.5 Å². The SMILES string of the molecule is CCOC(=O)c1nc2ccc(F)cn2c1N=Nc1ccc(OCC)cc1. The van der Waals surface area contributed by atoms with Crippen molar-refractivity contribution in [1.29, 1.82) is 0 Å². The fraction of sp³-hybridized carbons (Fsp3) is 0.222. The van der Waals surface area contributed by atoms with Gasteiger partial charge in [-0.05, 0) is 50.2 Å². The molecular weight excluding hydrogens is 339 g/mol. The van der Waals surface area contributed by atoms with Gasteiger partial charge in [0.1, 0.15) is 17.2 Å².